The van der Waals surface area contributed by atoms with E-state index in [1.54, 1.807) is 24.3 Å². The lowest BCUT2D eigenvalue weighted by molar-refractivity contribution is -0.267. The third-order valence-electron chi connectivity index (χ3n) is 3.41. The second-order valence-electron chi connectivity index (χ2n) is 5.65. The first kappa shape index (κ1) is 19.0. The number of halogens is 4. The van der Waals surface area contributed by atoms with Crippen molar-refractivity contribution >= 4 is 21.9 Å². The average Bonchev–Trinajstić information content (AvgIpc) is 2.37. The summed E-state index contributed by atoms with van der Waals surface area (Å²) in [5.74, 6) is -1.67. The molecule has 0 aliphatic heterocycles. The predicted octanol–water partition coefficient (Wildman–Crippen LogP) is 3.97. The summed E-state index contributed by atoms with van der Waals surface area (Å²) >= 11 is 3.25. The minimum atomic E-state index is -5.12. The van der Waals surface area contributed by atoms with Crippen LogP contribution in [0.1, 0.15) is 32.8 Å². The first-order chi connectivity index (χ1) is 9.94. The fraction of sp³-hybridized carbons (Fsp3) is 0.533. The lowest BCUT2D eigenvalue weighted by atomic mass is 9.75. The zero-order valence-corrected chi connectivity index (χ0v) is 14.1. The summed E-state index contributed by atoms with van der Waals surface area (Å²) in [5, 5.41) is 9.99. The number of alkyl halides is 3. The fourth-order valence-electron chi connectivity index (χ4n) is 2.18. The third-order valence-corrected chi connectivity index (χ3v) is 3.93. The Balaban J connectivity index is 3.18. The van der Waals surface area contributed by atoms with E-state index in [0.29, 0.717) is 5.56 Å². The average molecular weight is 383 g/mol. The highest BCUT2D eigenvalue weighted by atomic mass is 79.9. The monoisotopic (exact) mass is 382 g/mol. The van der Waals surface area contributed by atoms with Gasteiger partial charge in [0, 0.05) is 10.9 Å². The number of esters is 1. The van der Waals surface area contributed by atoms with Crippen molar-refractivity contribution in [3.05, 3.63) is 34.3 Å². The highest BCUT2D eigenvalue weighted by molar-refractivity contribution is 9.10. The van der Waals surface area contributed by atoms with E-state index < -0.39 is 29.6 Å². The van der Waals surface area contributed by atoms with Gasteiger partial charge in [-0.15, -0.1) is 0 Å². The minimum Gasteiger partial charge on any atom is -0.464 e. The van der Waals surface area contributed by atoms with Crippen molar-refractivity contribution < 1.29 is 27.8 Å². The zero-order chi connectivity index (χ0) is 17.2. The minimum absolute atomic E-state index is 0.240. The highest BCUT2D eigenvalue weighted by Crippen LogP contribution is 2.42. The van der Waals surface area contributed by atoms with E-state index in [9.17, 15) is 23.1 Å². The summed E-state index contributed by atoms with van der Waals surface area (Å²) in [6, 6.07) is 6.67. The Labute approximate surface area is 135 Å². The molecular weight excluding hydrogens is 365 g/mol. The molecule has 7 heteroatoms. The lowest BCUT2D eigenvalue weighted by Gasteiger charge is -2.36. The molecule has 0 fully saturated rings. The van der Waals surface area contributed by atoms with Crippen LogP contribution in [-0.2, 0) is 14.9 Å². The van der Waals surface area contributed by atoms with Gasteiger partial charge in [0.2, 0.25) is 0 Å². The van der Waals surface area contributed by atoms with E-state index in [2.05, 4.69) is 20.7 Å². The molecule has 0 spiro atoms. The number of carbonyl (C=O) groups is 1. The molecule has 22 heavy (non-hydrogen) atoms. The number of benzene rings is 1. The van der Waals surface area contributed by atoms with Crippen molar-refractivity contribution in [2.24, 2.45) is 0 Å². The zero-order valence-electron chi connectivity index (χ0n) is 12.5. The molecule has 0 aliphatic rings. The molecule has 1 unspecified atom stereocenters. The summed E-state index contributed by atoms with van der Waals surface area (Å²) < 4.78 is 44.9. The number of carbonyl (C=O) groups excluding carboxylic acids is 1. The number of hydrogen-bond donors (Lipinski definition) is 1. The van der Waals surface area contributed by atoms with Gasteiger partial charge in [-0.1, -0.05) is 41.9 Å². The van der Waals surface area contributed by atoms with Crippen molar-refractivity contribution in [3.63, 3.8) is 0 Å². The van der Waals surface area contributed by atoms with Gasteiger partial charge in [-0.25, -0.2) is 4.79 Å². The lowest BCUT2D eigenvalue weighted by Crippen LogP contribution is -2.55. The number of aliphatic hydroxyl groups is 1. The van der Waals surface area contributed by atoms with Crippen molar-refractivity contribution in [2.45, 2.75) is 44.4 Å². The summed E-state index contributed by atoms with van der Waals surface area (Å²) in [5.41, 5.74) is -4.06. The van der Waals surface area contributed by atoms with Gasteiger partial charge in [-0.2, -0.15) is 13.2 Å². The van der Waals surface area contributed by atoms with E-state index in [1.807, 2.05) is 0 Å². The second-order valence-corrected chi connectivity index (χ2v) is 6.56. The van der Waals surface area contributed by atoms with Gasteiger partial charge < -0.3 is 9.84 Å². The van der Waals surface area contributed by atoms with E-state index in [1.165, 1.54) is 20.8 Å². The van der Waals surface area contributed by atoms with Crippen LogP contribution in [0.15, 0.2) is 28.7 Å². The van der Waals surface area contributed by atoms with Gasteiger partial charge in [-0.3, -0.25) is 0 Å². The summed E-state index contributed by atoms with van der Waals surface area (Å²) in [6.45, 7) is 4.21. The Bertz CT molecular complexity index is 526. The molecule has 3 nitrogen and oxygen atoms in total. The number of rotatable bonds is 5. The quantitative estimate of drug-likeness (QED) is 0.783. The van der Waals surface area contributed by atoms with Crippen LogP contribution >= 0.6 is 15.9 Å². The number of ether oxygens (including phenoxy) is 1. The molecule has 0 radical (unpaired) electrons. The van der Waals surface area contributed by atoms with E-state index in [-0.39, 0.29) is 6.61 Å². The van der Waals surface area contributed by atoms with Crippen molar-refractivity contribution in [2.75, 3.05) is 6.61 Å². The third kappa shape index (κ3) is 4.01. The molecule has 0 saturated heterocycles. The van der Waals surface area contributed by atoms with E-state index in [4.69, 9.17) is 0 Å². The molecular formula is C15H18BrF3O3. The molecule has 0 aliphatic carbocycles. The van der Waals surface area contributed by atoms with Crippen molar-refractivity contribution in [3.8, 4) is 0 Å². The maximum atomic E-state index is 13.2. The van der Waals surface area contributed by atoms with E-state index >= 15 is 0 Å². The van der Waals surface area contributed by atoms with Crippen LogP contribution in [0.25, 0.3) is 0 Å². The Morgan fingerprint density at radius 3 is 2.14 bits per heavy atom. The summed E-state index contributed by atoms with van der Waals surface area (Å²) in [4.78, 5) is 11.7. The van der Waals surface area contributed by atoms with E-state index in [0.717, 1.165) is 4.47 Å². The Hall–Kier alpha value is -1.08. The van der Waals surface area contributed by atoms with Gasteiger partial charge in [-0.05, 0) is 30.0 Å². The SMILES string of the molecule is CCOC(=O)C(O)(CC(C)(C)c1ccc(Br)cc1)C(F)(F)F. The van der Waals surface area contributed by atoms with Crippen LogP contribution in [0.4, 0.5) is 13.2 Å². The fourth-order valence-corrected chi connectivity index (χ4v) is 2.45. The van der Waals surface area contributed by atoms with Gasteiger partial charge in [0.15, 0.2) is 0 Å². The molecule has 1 rings (SSSR count). The Morgan fingerprint density at radius 2 is 1.73 bits per heavy atom. The first-order valence-corrected chi connectivity index (χ1v) is 7.46. The van der Waals surface area contributed by atoms with Gasteiger partial charge in [0.1, 0.15) is 0 Å². The molecule has 1 atom stereocenters. The van der Waals surface area contributed by atoms with Crippen molar-refractivity contribution in [1.29, 1.82) is 0 Å². The topological polar surface area (TPSA) is 46.5 Å². The Morgan fingerprint density at radius 1 is 1.23 bits per heavy atom. The molecule has 0 heterocycles. The largest absolute Gasteiger partial charge is 0.464 e. The molecule has 0 saturated carbocycles. The standard InChI is InChI=1S/C15H18BrF3O3/c1-4-22-12(20)14(21,15(17,18)19)9-13(2,3)10-5-7-11(16)8-6-10/h5-8,21H,4,9H2,1-3H3. The molecule has 124 valence electrons. The normalized spacial score (nSPS) is 15.3. The predicted molar refractivity (Wildman–Crippen MR) is 79.4 cm³/mol. The van der Waals surface area contributed by atoms with Crippen LogP contribution < -0.4 is 0 Å². The second kappa shape index (κ2) is 6.58. The number of hydrogen-bond acceptors (Lipinski definition) is 3. The molecule has 1 aromatic rings. The summed E-state index contributed by atoms with van der Waals surface area (Å²) in [7, 11) is 0. The maximum absolute atomic E-state index is 13.2. The van der Waals surface area contributed by atoms with Crippen LogP contribution in [0, 0.1) is 0 Å². The molecule has 0 aromatic heterocycles. The molecule has 0 bridgehead atoms. The smallest absolute Gasteiger partial charge is 0.428 e. The van der Waals surface area contributed by atoms with Crippen LogP contribution in [-0.4, -0.2) is 29.5 Å². The first-order valence-electron chi connectivity index (χ1n) is 6.66. The highest BCUT2D eigenvalue weighted by Gasteiger charge is 2.62. The van der Waals surface area contributed by atoms with Gasteiger partial charge in [0.25, 0.3) is 5.60 Å². The molecule has 0 amide bonds. The molecule has 1 N–H and O–H groups in total. The van der Waals surface area contributed by atoms with Gasteiger partial charge in [0.05, 0.1) is 6.61 Å². The van der Waals surface area contributed by atoms with Crippen LogP contribution in [0.5, 0.6) is 0 Å². The van der Waals surface area contributed by atoms with Crippen molar-refractivity contribution in [1.82, 2.24) is 0 Å². The van der Waals surface area contributed by atoms with Gasteiger partial charge >= 0.3 is 12.1 Å². The molecule has 1 aromatic carbocycles. The van der Waals surface area contributed by atoms with Crippen LogP contribution in [0.3, 0.4) is 0 Å². The summed E-state index contributed by atoms with van der Waals surface area (Å²) in [6.07, 6.45) is -5.95. The Kier molecular flexibility index (Phi) is 5.67. The van der Waals surface area contributed by atoms with Crippen LogP contribution in [0.2, 0.25) is 0 Å². The maximum Gasteiger partial charge on any atom is 0.428 e.